The number of β-lactam (4-membered cyclic amide) rings is 1. The molecule has 1 saturated heterocycles. The zero-order valence-corrected chi connectivity index (χ0v) is 21.3. The first-order chi connectivity index (χ1) is 19.0. The molecule has 2 aromatic heterocycles. The van der Waals surface area contributed by atoms with Crippen LogP contribution < -0.4 is 15.2 Å². The van der Waals surface area contributed by atoms with Crippen LogP contribution in [0, 0.1) is 0 Å². The minimum Gasteiger partial charge on any atom is -0.477 e. The fourth-order valence-corrected chi connectivity index (χ4v) is 5.72. The van der Waals surface area contributed by atoms with Gasteiger partial charge < -0.3 is 20.6 Å². The Kier molecular flexibility index (Phi) is 7.63. The third kappa shape index (κ3) is 5.50. The molecule has 5 rings (SSSR count). The number of nitrogens with zero attached hydrogens (tertiary/aromatic N) is 5. The molecule has 2 aromatic rings. The number of allylic oxidation sites excluding steroid dienone is 1. The predicted molar refractivity (Wildman–Crippen MR) is 138 cm³/mol. The third-order valence-corrected chi connectivity index (χ3v) is 7.56. The van der Waals surface area contributed by atoms with Gasteiger partial charge in [-0.3, -0.25) is 19.3 Å². The van der Waals surface area contributed by atoms with Crippen molar-refractivity contribution in [3.05, 3.63) is 72.1 Å². The molecule has 0 radical (unpaired) electrons. The lowest BCUT2D eigenvalue weighted by Crippen LogP contribution is -2.71. The van der Waals surface area contributed by atoms with Gasteiger partial charge in [0.25, 0.3) is 11.8 Å². The van der Waals surface area contributed by atoms with E-state index in [2.05, 4.69) is 25.8 Å². The summed E-state index contributed by atoms with van der Waals surface area (Å²) in [6.07, 6.45) is 10.3. The van der Waals surface area contributed by atoms with E-state index in [4.69, 9.17) is 4.84 Å². The van der Waals surface area contributed by atoms with Gasteiger partial charge in [0, 0.05) is 29.7 Å². The largest absolute Gasteiger partial charge is 0.477 e. The van der Waals surface area contributed by atoms with Crippen LogP contribution >= 0.6 is 11.8 Å². The lowest BCUT2D eigenvalue weighted by molar-refractivity contribution is -0.689. The smallest absolute Gasteiger partial charge is 0.352 e. The maximum Gasteiger partial charge on any atom is 0.352 e. The molecule has 4 heterocycles. The highest BCUT2D eigenvalue weighted by atomic mass is 32.2. The summed E-state index contributed by atoms with van der Waals surface area (Å²) in [7, 11) is 0. The summed E-state index contributed by atoms with van der Waals surface area (Å²) in [5.74, 6) is -2.14. The highest BCUT2D eigenvalue weighted by Gasteiger charge is 2.54. The summed E-state index contributed by atoms with van der Waals surface area (Å²) < 4.78 is 1.83. The Morgan fingerprint density at radius 2 is 2.13 bits per heavy atom. The number of pyridine rings is 1. The number of rotatable bonds is 10. The zero-order chi connectivity index (χ0) is 27.4. The zero-order valence-electron chi connectivity index (χ0n) is 20.5. The lowest BCUT2D eigenvalue weighted by Gasteiger charge is -2.49. The molecule has 3 amide bonds. The molecule has 2 aliphatic heterocycles. The molecule has 0 bridgehead atoms. The van der Waals surface area contributed by atoms with Crippen molar-refractivity contribution in [2.45, 2.75) is 36.9 Å². The second-order valence-electron chi connectivity index (χ2n) is 8.78. The first-order valence-corrected chi connectivity index (χ1v) is 13.1. The first-order valence-electron chi connectivity index (χ1n) is 12.0. The second kappa shape index (κ2) is 11.4. The number of hydrogen-bond acceptors (Lipinski definition) is 9. The number of nitrogens with one attached hydrogen (secondary N) is 2. The van der Waals surface area contributed by atoms with E-state index in [-0.39, 0.29) is 29.2 Å². The van der Waals surface area contributed by atoms with Gasteiger partial charge in [0.2, 0.25) is 12.1 Å². The average molecular weight is 551 g/mol. The standard InChI is InChI=1S/C25H23N7O6S/c33-14-27-17-8-9-26-21(28-17)18(30-38-16-6-2-3-7-16)22(34)29-19-23(35)32-20(25(36)37)15(13-39-24(19)32)12-31-10-4-1-5-11-31/h1-2,4-6,8-11,14,16,19,24H,3,7,12-13H2,(H2-,26,27,28,29,33,34,36,37)/p+1/t16?,19?,24-/m1/s1. The molecular weight excluding hydrogens is 526 g/mol. The van der Waals surface area contributed by atoms with Gasteiger partial charge in [-0.15, -0.1) is 11.8 Å². The highest BCUT2D eigenvalue weighted by molar-refractivity contribution is 8.00. The van der Waals surface area contributed by atoms with E-state index >= 15 is 0 Å². The maximum atomic E-state index is 13.3. The number of carboxylic acid groups (broad SMARTS) is 1. The van der Waals surface area contributed by atoms with E-state index in [1.54, 1.807) is 0 Å². The predicted octanol–water partition coefficient (Wildman–Crippen LogP) is 0.211. The monoisotopic (exact) mass is 550 g/mol. The number of anilines is 1. The summed E-state index contributed by atoms with van der Waals surface area (Å²) in [6, 6.07) is 5.97. The van der Waals surface area contributed by atoms with Crippen LogP contribution in [-0.4, -0.2) is 73.2 Å². The molecule has 3 aliphatic rings. The molecule has 13 nitrogen and oxygen atoms in total. The molecule has 0 aromatic carbocycles. The van der Waals surface area contributed by atoms with Crippen LogP contribution in [0.3, 0.4) is 0 Å². The van der Waals surface area contributed by atoms with Crippen LogP contribution in [0.15, 0.2) is 71.4 Å². The molecule has 14 heteroatoms. The van der Waals surface area contributed by atoms with E-state index in [1.807, 2.05) is 47.3 Å². The van der Waals surface area contributed by atoms with Crippen molar-refractivity contribution in [3.63, 3.8) is 0 Å². The summed E-state index contributed by atoms with van der Waals surface area (Å²) in [5, 5.41) is 18.3. The van der Waals surface area contributed by atoms with Crippen molar-refractivity contribution in [1.29, 1.82) is 0 Å². The molecule has 3 atom stereocenters. The van der Waals surface area contributed by atoms with Crippen LogP contribution in [0.1, 0.15) is 18.7 Å². The Bertz CT molecular complexity index is 1400. The van der Waals surface area contributed by atoms with Crippen molar-refractivity contribution in [2.24, 2.45) is 5.16 Å². The van der Waals surface area contributed by atoms with Crippen LogP contribution in [-0.2, 0) is 30.6 Å². The Hall–Kier alpha value is -4.59. The first kappa shape index (κ1) is 26.0. The normalized spacial score (nSPS) is 22.2. The number of carbonyl (C=O) groups is 4. The number of aliphatic carboxylic acids is 1. The number of hydrogen-bond donors (Lipinski definition) is 3. The fraction of sp³-hybridized carbons (Fsp3) is 0.280. The van der Waals surface area contributed by atoms with Crippen molar-refractivity contribution in [1.82, 2.24) is 20.2 Å². The van der Waals surface area contributed by atoms with Gasteiger partial charge in [-0.25, -0.2) is 19.3 Å². The van der Waals surface area contributed by atoms with Crippen molar-refractivity contribution in [2.75, 3.05) is 11.1 Å². The van der Waals surface area contributed by atoms with E-state index < -0.39 is 29.2 Å². The van der Waals surface area contributed by atoms with Crippen molar-refractivity contribution < 1.29 is 33.7 Å². The van der Waals surface area contributed by atoms with Crippen LogP contribution in [0.5, 0.6) is 0 Å². The highest BCUT2D eigenvalue weighted by Crippen LogP contribution is 2.40. The topological polar surface area (TPSA) is 167 Å². The molecule has 39 heavy (non-hydrogen) atoms. The summed E-state index contributed by atoms with van der Waals surface area (Å²) in [6.45, 7) is 0.315. The molecule has 1 aliphatic carbocycles. The van der Waals surface area contributed by atoms with Crippen molar-refractivity contribution >= 4 is 47.5 Å². The summed E-state index contributed by atoms with van der Waals surface area (Å²) in [4.78, 5) is 64.4. The third-order valence-electron chi connectivity index (χ3n) is 6.22. The van der Waals surface area contributed by atoms with E-state index in [9.17, 15) is 24.3 Å². The van der Waals surface area contributed by atoms with E-state index in [1.165, 1.54) is 28.9 Å². The number of carboxylic acids is 1. The Morgan fingerprint density at radius 1 is 1.31 bits per heavy atom. The molecule has 0 spiro atoms. The number of amides is 3. The Labute approximate surface area is 226 Å². The lowest BCUT2D eigenvalue weighted by atomic mass is 10.0. The minimum absolute atomic E-state index is 0.0770. The molecule has 0 saturated carbocycles. The van der Waals surface area contributed by atoms with E-state index in [0.717, 1.165) is 6.42 Å². The number of carbonyl (C=O) groups excluding carboxylic acids is 3. The molecule has 2 unspecified atom stereocenters. The average Bonchev–Trinajstić information content (AvgIpc) is 3.46. The van der Waals surface area contributed by atoms with Crippen molar-refractivity contribution in [3.8, 4) is 0 Å². The quantitative estimate of drug-likeness (QED) is 0.0936. The van der Waals surface area contributed by atoms with Gasteiger partial charge in [0.15, 0.2) is 24.8 Å². The summed E-state index contributed by atoms with van der Waals surface area (Å²) >= 11 is 1.36. The van der Waals surface area contributed by atoms with Gasteiger partial charge >= 0.3 is 5.97 Å². The SMILES string of the molecule is O=CNc1ccnc(C(=NOC2C=CCC2)C(=O)NC2C(=O)N3C(C(=O)O)=C(C[n+]4ccccc4)CS[C@H]23)n1. The number of oxime groups is 1. The van der Waals surface area contributed by atoms with Gasteiger partial charge in [-0.2, -0.15) is 0 Å². The van der Waals surface area contributed by atoms with E-state index in [0.29, 0.717) is 30.7 Å². The number of thioether (sulfide) groups is 1. The Balaban J connectivity index is 1.36. The number of aromatic nitrogens is 3. The van der Waals surface area contributed by atoms with Gasteiger partial charge in [0.1, 0.15) is 29.0 Å². The van der Waals surface area contributed by atoms with Gasteiger partial charge in [0.05, 0.1) is 0 Å². The molecule has 3 N–H and O–H groups in total. The Morgan fingerprint density at radius 3 is 2.85 bits per heavy atom. The molecule has 1 fully saturated rings. The van der Waals surface area contributed by atoms with Crippen LogP contribution in [0.2, 0.25) is 0 Å². The molecule has 200 valence electrons. The van der Waals surface area contributed by atoms with Crippen LogP contribution in [0.4, 0.5) is 5.82 Å². The summed E-state index contributed by atoms with van der Waals surface area (Å²) in [5.41, 5.74) is 0.227. The minimum atomic E-state index is -1.21. The van der Waals surface area contributed by atoms with Crippen LogP contribution in [0.25, 0.3) is 0 Å². The molecular formula is C25H24N7O6S+. The van der Waals surface area contributed by atoms with Gasteiger partial charge in [-0.1, -0.05) is 17.3 Å². The maximum absolute atomic E-state index is 13.3. The second-order valence-corrected chi connectivity index (χ2v) is 9.89. The van der Waals surface area contributed by atoms with Gasteiger partial charge in [-0.05, 0) is 25.0 Å². The number of fused-ring (bicyclic) bond motifs is 1. The fourth-order valence-electron chi connectivity index (χ4n) is 4.38.